The average Bonchev–Trinajstić information content (AvgIpc) is 1.90. The zero-order valence-electron chi connectivity index (χ0n) is 5.42. The minimum absolute atomic E-state index is 0.321. The number of carbonyl (C=O) groups is 1. The second-order valence-electron chi connectivity index (χ2n) is 2.48. The molecule has 1 fully saturated rings. The zero-order chi connectivity index (χ0) is 6.69. The van der Waals surface area contributed by atoms with E-state index in [4.69, 9.17) is 5.73 Å². The smallest absolute Gasteiger partial charge is 0.209 e. The van der Waals surface area contributed by atoms with Crippen LogP contribution in [0.5, 0.6) is 0 Å². The largest absolute Gasteiger partial charge is 0.345 e. The molecule has 0 bridgehead atoms. The van der Waals surface area contributed by atoms with Crippen LogP contribution in [-0.4, -0.2) is 30.4 Å². The molecular formula is C6H12N2O. The maximum absolute atomic E-state index is 10.2. The van der Waals surface area contributed by atoms with Crippen LogP contribution in [0.3, 0.4) is 0 Å². The molecule has 3 nitrogen and oxygen atoms in total. The third-order valence-corrected chi connectivity index (χ3v) is 1.72. The van der Waals surface area contributed by atoms with Gasteiger partial charge in [-0.15, -0.1) is 0 Å². The van der Waals surface area contributed by atoms with Crippen LogP contribution in [0.2, 0.25) is 0 Å². The molecule has 0 spiro atoms. The number of likely N-dealkylation sites (tertiary alicyclic amines) is 1. The highest BCUT2D eigenvalue weighted by atomic mass is 16.1. The summed E-state index contributed by atoms with van der Waals surface area (Å²) in [7, 11) is 0. The summed E-state index contributed by atoms with van der Waals surface area (Å²) < 4.78 is 0. The summed E-state index contributed by atoms with van der Waals surface area (Å²) in [5, 5.41) is 0. The van der Waals surface area contributed by atoms with Crippen LogP contribution in [0.25, 0.3) is 0 Å². The van der Waals surface area contributed by atoms with Crippen molar-refractivity contribution in [3.8, 4) is 0 Å². The normalized spacial score (nSPS) is 22.1. The van der Waals surface area contributed by atoms with E-state index >= 15 is 0 Å². The number of nitrogens with two attached hydrogens (primary N) is 1. The fourth-order valence-electron chi connectivity index (χ4n) is 1.02. The molecule has 1 aliphatic rings. The van der Waals surface area contributed by atoms with E-state index < -0.39 is 0 Å². The minimum Gasteiger partial charge on any atom is -0.345 e. The van der Waals surface area contributed by atoms with Gasteiger partial charge in [-0.05, 0) is 12.8 Å². The highest BCUT2D eigenvalue weighted by molar-refractivity contribution is 5.47. The fourth-order valence-corrected chi connectivity index (χ4v) is 1.02. The van der Waals surface area contributed by atoms with Gasteiger partial charge >= 0.3 is 0 Å². The molecule has 1 rings (SSSR count). The number of amides is 1. The summed E-state index contributed by atoms with van der Waals surface area (Å²) in [4.78, 5) is 11.9. The SMILES string of the molecule is NC1CCN(C=O)CC1. The summed E-state index contributed by atoms with van der Waals surface area (Å²) >= 11 is 0. The second-order valence-corrected chi connectivity index (χ2v) is 2.48. The second kappa shape index (κ2) is 2.82. The van der Waals surface area contributed by atoms with Crippen LogP contribution in [0.1, 0.15) is 12.8 Å². The first-order chi connectivity index (χ1) is 4.33. The predicted molar refractivity (Wildman–Crippen MR) is 34.8 cm³/mol. The molecule has 1 heterocycles. The molecule has 3 heteroatoms. The molecule has 52 valence electrons. The molecule has 0 saturated carbocycles. The number of nitrogens with zero attached hydrogens (tertiary/aromatic N) is 1. The zero-order valence-corrected chi connectivity index (χ0v) is 5.42. The van der Waals surface area contributed by atoms with E-state index in [0.717, 1.165) is 32.3 Å². The van der Waals surface area contributed by atoms with Crippen molar-refractivity contribution >= 4 is 6.41 Å². The Kier molecular flexibility index (Phi) is 2.05. The van der Waals surface area contributed by atoms with Crippen molar-refractivity contribution in [2.75, 3.05) is 13.1 Å². The maximum Gasteiger partial charge on any atom is 0.209 e. The summed E-state index contributed by atoms with van der Waals surface area (Å²) in [6.07, 6.45) is 2.81. The first-order valence-corrected chi connectivity index (χ1v) is 3.28. The average molecular weight is 128 g/mol. The molecule has 0 atom stereocenters. The monoisotopic (exact) mass is 128 g/mol. The first kappa shape index (κ1) is 6.55. The van der Waals surface area contributed by atoms with Crippen LogP contribution in [0.4, 0.5) is 0 Å². The number of piperidine rings is 1. The lowest BCUT2D eigenvalue weighted by Crippen LogP contribution is -2.38. The Bertz CT molecular complexity index is 97.2. The molecule has 0 aromatic rings. The molecule has 1 saturated heterocycles. The Morgan fingerprint density at radius 2 is 2.00 bits per heavy atom. The van der Waals surface area contributed by atoms with Gasteiger partial charge in [0.25, 0.3) is 0 Å². The van der Waals surface area contributed by atoms with E-state index in [-0.39, 0.29) is 0 Å². The summed E-state index contributed by atoms with van der Waals surface area (Å²) in [6, 6.07) is 0.321. The maximum atomic E-state index is 10.2. The molecule has 2 N–H and O–H groups in total. The van der Waals surface area contributed by atoms with E-state index in [1.807, 2.05) is 0 Å². The lowest BCUT2D eigenvalue weighted by Gasteiger charge is -2.26. The third kappa shape index (κ3) is 1.68. The summed E-state index contributed by atoms with van der Waals surface area (Å²) in [5.41, 5.74) is 5.61. The molecule has 1 amide bonds. The first-order valence-electron chi connectivity index (χ1n) is 3.28. The molecular weight excluding hydrogens is 116 g/mol. The molecule has 0 aliphatic carbocycles. The van der Waals surface area contributed by atoms with Gasteiger partial charge in [-0.25, -0.2) is 0 Å². The number of carbonyl (C=O) groups excluding carboxylic acids is 1. The quantitative estimate of drug-likeness (QED) is 0.487. The van der Waals surface area contributed by atoms with Crippen LogP contribution >= 0.6 is 0 Å². The van der Waals surface area contributed by atoms with Crippen LogP contribution in [0, 0.1) is 0 Å². The highest BCUT2D eigenvalue weighted by Crippen LogP contribution is 2.04. The molecule has 1 aliphatic heterocycles. The van der Waals surface area contributed by atoms with E-state index in [0.29, 0.717) is 6.04 Å². The van der Waals surface area contributed by atoms with Crippen molar-refractivity contribution in [3.63, 3.8) is 0 Å². The third-order valence-electron chi connectivity index (χ3n) is 1.72. The topological polar surface area (TPSA) is 46.3 Å². The van der Waals surface area contributed by atoms with Crippen molar-refractivity contribution in [3.05, 3.63) is 0 Å². The van der Waals surface area contributed by atoms with Gasteiger partial charge in [-0.1, -0.05) is 0 Å². The van der Waals surface area contributed by atoms with E-state index in [1.54, 1.807) is 4.90 Å². The van der Waals surface area contributed by atoms with E-state index in [1.165, 1.54) is 0 Å². The lowest BCUT2D eigenvalue weighted by atomic mass is 10.1. The van der Waals surface area contributed by atoms with Crippen molar-refractivity contribution in [2.45, 2.75) is 18.9 Å². The molecule has 0 unspecified atom stereocenters. The van der Waals surface area contributed by atoms with Crippen LogP contribution in [-0.2, 0) is 4.79 Å². The van der Waals surface area contributed by atoms with E-state index in [9.17, 15) is 4.79 Å². The van der Waals surface area contributed by atoms with Crippen LogP contribution in [0.15, 0.2) is 0 Å². The lowest BCUT2D eigenvalue weighted by molar-refractivity contribution is -0.119. The molecule has 0 radical (unpaired) electrons. The van der Waals surface area contributed by atoms with Gasteiger partial charge < -0.3 is 10.6 Å². The predicted octanol–water partition coefficient (Wildman–Crippen LogP) is -0.434. The summed E-state index contributed by atoms with van der Waals surface area (Å²) in [6.45, 7) is 1.68. The van der Waals surface area contributed by atoms with Gasteiger partial charge in [-0.2, -0.15) is 0 Å². The standard InChI is InChI=1S/C6H12N2O/c7-6-1-3-8(5-9)4-2-6/h5-6H,1-4,7H2. The Morgan fingerprint density at radius 3 is 2.44 bits per heavy atom. The molecule has 0 aromatic carbocycles. The van der Waals surface area contributed by atoms with Gasteiger partial charge in [0.2, 0.25) is 6.41 Å². The van der Waals surface area contributed by atoms with Crippen LogP contribution < -0.4 is 5.73 Å². The molecule has 0 aromatic heterocycles. The Balaban J connectivity index is 2.26. The van der Waals surface area contributed by atoms with Gasteiger partial charge in [0.1, 0.15) is 0 Å². The molecule has 9 heavy (non-hydrogen) atoms. The van der Waals surface area contributed by atoms with Crippen molar-refractivity contribution in [2.24, 2.45) is 5.73 Å². The van der Waals surface area contributed by atoms with Crippen molar-refractivity contribution in [1.29, 1.82) is 0 Å². The Morgan fingerprint density at radius 1 is 1.44 bits per heavy atom. The Labute approximate surface area is 54.8 Å². The number of hydrogen-bond donors (Lipinski definition) is 1. The fraction of sp³-hybridized carbons (Fsp3) is 0.833. The van der Waals surface area contributed by atoms with Crippen molar-refractivity contribution in [1.82, 2.24) is 4.90 Å². The van der Waals surface area contributed by atoms with Crippen molar-refractivity contribution < 1.29 is 4.79 Å². The number of hydrogen-bond acceptors (Lipinski definition) is 2. The van der Waals surface area contributed by atoms with E-state index in [2.05, 4.69) is 0 Å². The number of rotatable bonds is 1. The highest BCUT2D eigenvalue weighted by Gasteiger charge is 2.13. The van der Waals surface area contributed by atoms with Gasteiger partial charge in [0.05, 0.1) is 0 Å². The Hall–Kier alpha value is -0.570. The summed E-state index contributed by atoms with van der Waals surface area (Å²) in [5.74, 6) is 0. The van der Waals surface area contributed by atoms with Gasteiger partial charge in [0.15, 0.2) is 0 Å². The van der Waals surface area contributed by atoms with Gasteiger partial charge in [0, 0.05) is 19.1 Å². The van der Waals surface area contributed by atoms with Gasteiger partial charge in [-0.3, -0.25) is 4.79 Å². The minimum atomic E-state index is 0.321.